The lowest BCUT2D eigenvalue weighted by Crippen LogP contribution is -2.37. The van der Waals surface area contributed by atoms with Gasteiger partial charge >= 0.3 is 0 Å². The zero-order valence-electron chi connectivity index (χ0n) is 9.67. The molecule has 0 aliphatic heterocycles. The zero-order valence-corrected chi connectivity index (χ0v) is 10.5. The quantitative estimate of drug-likeness (QED) is 0.607. The van der Waals surface area contributed by atoms with E-state index in [-0.39, 0.29) is 0 Å². The van der Waals surface area contributed by atoms with Crippen molar-refractivity contribution in [2.24, 2.45) is 5.84 Å². The van der Waals surface area contributed by atoms with Gasteiger partial charge in [-0.25, -0.2) is 0 Å². The van der Waals surface area contributed by atoms with Gasteiger partial charge in [0.2, 0.25) is 0 Å². The highest BCUT2D eigenvalue weighted by Gasteiger charge is 2.08. The molecule has 3 N–H and O–H groups in total. The Hall–Kier alpha value is -1.23. The third kappa shape index (κ3) is 3.93. The van der Waals surface area contributed by atoms with Crippen molar-refractivity contribution in [3.63, 3.8) is 0 Å². The van der Waals surface area contributed by atoms with Gasteiger partial charge in [0.05, 0.1) is 0 Å². The Labute approximate surface area is 106 Å². The van der Waals surface area contributed by atoms with Gasteiger partial charge in [-0.1, -0.05) is 0 Å². The van der Waals surface area contributed by atoms with Gasteiger partial charge in [-0.05, 0) is 59.3 Å². The van der Waals surface area contributed by atoms with Crippen molar-refractivity contribution < 1.29 is 0 Å². The molecule has 0 amide bonds. The molecule has 2 rings (SSSR count). The summed E-state index contributed by atoms with van der Waals surface area (Å²) in [5.41, 5.74) is 5.56. The number of pyridine rings is 1. The number of nitrogens with two attached hydrogens (primary N) is 1. The Bertz CT molecular complexity index is 413. The molecule has 0 aliphatic carbocycles. The summed E-state index contributed by atoms with van der Waals surface area (Å²) in [4.78, 5) is 4.01. The molecular formula is C13H17N3S. The molecule has 1 unspecified atom stereocenters. The van der Waals surface area contributed by atoms with Crippen LogP contribution in [0.15, 0.2) is 41.4 Å². The van der Waals surface area contributed by atoms with Crippen LogP contribution in [0.5, 0.6) is 0 Å². The molecule has 17 heavy (non-hydrogen) atoms. The monoisotopic (exact) mass is 247 g/mol. The minimum absolute atomic E-state index is 0.317. The standard InChI is InChI=1S/C13H17N3S/c14-16-13(2-1-12-5-8-17-10-12)9-11-3-6-15-7-4-11/h3-8,10,13,16H,1-2,9,14H2. The van der Waals surface area contributed by atoms with Crippen LogP contribution >= 0.6 is 11.3 Å². The van der Waals surface area contributed by atoms with E-state index >= 15 is 0 Å². The van der Waals surface area contributed by atoms with Gasteiger partial charge in [0.15, 0.2) is 0 Å². The van der Waals surface area contributed by atoms with Crippen LogP contribution in [-0.2, 0) is 12.8 Å². The summed E-state index contributed by atoms with van der Waals surface area (Å²) in [7, 11) is 0. The zero-order chi connectivity index (χ0) is 11.9. The first-order valence-electron chi connectivity index (χ1n) is 5.74. The number of thiophene rings is 1. The Morgan fingerprint density at radius 1 is 1.24 bits per heavy atom. The summed E-state index contributed by atoms with van der Waals surface area (Å²) < 4.78 is 0. The number of aromatic nitrogens is 1. The second-order valence-corrected chi connectivity index (χ2v) is 4.87. The van der Waals surface area contributed by atoms with E-state index in [4.69, 9.17) is 5.84 Å². The molecular weight excluding hydrogens is 230 g/mol. The molecule has 0 aliphatic rings. The average molecular weight is 247 g/mol. The number of hydrogen-bond acceptors (Lipinski definition) is 4. The second-order valence-electron chi connectivity index (χ2n) is 4.09. The van der Waals surface area contributed by atoms with Crippen molar-refractivity contribution in [1.29, 1.82) is 0 Å². The van der Waals surface area contributed by atoms with Crippen molar-refractivity contribution >= 4 is 11.3 Å². The van der Waals surface area contributed by atoms with E-state index in [1.807, 2.05) is 24.5 Å². The Morgan fingerprint density at radius 2 is 2.06 bits per heavy atom. The lowest BCUT2D eigenvalue weighted by Gasteiger charge is -2.15. The summed E-state index contributed by atoms with van der Waals surface area (Å²) in [5.74, 6) is 5.60. The van der Waals surface area contributed by atoms with Crippen LogP contribution in [-0.4, -0.2) is 11.0 Å². The molecule has 3 nitrogen and oxygen atoms in total. The summed E-state index contributed by atoms with van der Waals surface area (Å²) in [6.45, 7) is 0. The molecule has 2 heterocycles. The molecule has 0 fully saturated rings. The highest BCUT2D eigenvalue weighted by Crippen LogP contribution is 2.11. The third-order valence-corrected chi connectivity index (χ3v) is 3.56. The minimum Gasteiger partial charge on any atom is -0.271 e. The summed E-state index contributed by atoms with van der Waals surface area (Å²) >= 11 is 1.74. The van der Waals surface area contributed by atoms with Crippen molar-refractivity contribution in [3.8, 4) is 0 Å². The van der Waals surface area contributed by atoms with E-state index in [0.717, 1.165) is 19.3 Å². The lowest BCUT2D eigenvalue weighted by atomic mass is 10.0. The number of hydrazine groups is 1. The normalized spacial score (nSPS) is 12.5. The molecule has 0 aromatic carbocycles. The van der Waals surface area contributed by atoms with Crippen LogP contribution in [0.2, 0.25) is 0 Å². The third-order valence-electron chi connectivity index (χ3n) is 2.83. The number of nitrogens with zero attached hydrogens (tertiary/aromatic N) is 1. The number of nitrogens with one attached hydrogen (secondary N) is 1. The maximum atomic E-state index is 5.60. The summed E-state index contributed by atoms with van der Waals surface area (Å²) in [6, 6.07) is 6.56. The second kappa shape index (κ2) is 6.49. The van der Waals surface area contributed by atoms with Gasteiger partial charge in [-0.2, -0.15) is 11.3 Å². The van der Waals surface area contributed by atoms with E-state index in [1.54, 1.807) is 11.3 Å². The molecule has 0 radical (unpaired) electrons. The molecule has 2 aromatic rings. The van der Waals surface area contributed by atoms with Gasteiger partial charge in [-0.15, -0.1) is 0 Å². The molecule has 0 spiro atoms. The van der Waals surface area contributed by atoms with Crippen molar-refractivity contribution in [3.05, 3.63) is 52.5 Å². The van der Waals surface area contributed by atoms with Crippen molar-refractivity contribution in [2.75, 3.05) is 0 Å². The molecule has 1 atom stereocenters. The predicted octanol–water partition coefficient (Wildman–Crippen LogP) is 2.15. The first kappa shape index (κ1) is 12.2. The first-order chi connectivity index (χ1) is 8.38. The summed E-state index contributed by atoms with van der Waals surface area (Å²) in [6.07, 6.45) is 6.71. The smallest absolute Gasteiger partial charge is 0.0270 e. The van der Waals surface area contributed by atoms with Crippen LogP contribution in [0, 0.1) is 0 Å². The fraction of sp³-hybridized carbons (Fsp3) is 0.308. The Balaban J connectivity index is 1.85. The largest absolute Gasteiger partial charge is 0.271 e. The Morgan fingerprint density at radius 3 is 2.71 bits per heavy atom. The van der Waals surface area contributed by atoms with Gasteiger partial charge in [-0.3, -0.25) is 16.3 Å². The molecule has 0 saturated heterocycles. The minimum atomic E-state index is 0.317. The number of hydrogen-bond donors (Lipinski definition) is 2. The molecule has 0 saturated carbocycles. The van der Waals surface area contributed by atoms with E-state index in [1.165, 1.54) is 11.1 Å². The van der Waals surface area contributed by atoms with E-state index in [2.05, 4.69) is 27.2 Å². The van der Waals surface area contributed by atoms with Crippen LogP contribution in [0.1, 0.15) is 17.5 Å². The van der Waals surface area contributed by atoms with Crippen LogP contribution in [0.4, 0.5) is 0 Å². The molecule has 4 heteroatoms. The fourth-order valence-corrected chi connectivity index (χ4v) is 2.53. The van der Waals surface area contributed by atoms with Crippen molar-refractivity contribution in [2.45, 2.75) is 25.3 Å². The fourth-order valence-electron chi connectivity index (χ4n) is 1.82. The van der Waals surface area contributed by atoms with Gasteiger partial charge in [0.1, 0.15) is 0 Å². The predicted molar refractivity (Wildman–Crippen MR) is 71.7 cm³/mol. The summed E-state index contributed by atoms with van der Waals surface area (Å²) in [5, 5.41) is 4.31. The van der Waals surface area contributed by atoms with E-state index < -0.39 is 0 Å². The Kier molecular flexibility index (Phi) is 4.67. The first-order valence-corrected chi connectivity index (χ1v) is 6.69. The highest BCUT2D eigenvalue weighted by atomic mass is 32.1. The van der Waals surface area contributed by atoms with Gasteiger partial charge in [0, 0.05) is 18.4 Å². The van der Waals surface area contributed by atoms with Gasteiger partial charge < -0.3 is 0 Å². The van der Waals surface area contributed by atoms with Crippen LogP contribution in [0.3, 0.4) is 0 Å². The van der Waals surface area contributed by atoms with Crippen LogP contribution in [0.25, 0.3) is 0 Å². The van der Waals surface area contributed by atoms with E-state index in [9.17, 15) is 0 Å². The van der Waals surface area contributed by atoms with Crippen LogP contribution < -0.4 is 11.3 Å². The van der Waals surface area contributed by atoms with Gasteiger partial charge in [0.25, 0.3) is 0 Å². The number of rotatable bonds is 6. The maximum Gasteiger partial charge on any atom is 0.0270 e. The maximum absolute atomic E-state index is 5.60. The molecule has 2 aromatic heterocycles. The number of aryl methyl sites for hydroxylation is 1. The SMILES string of the molecule is NNC(CCc1ccsc1)Cc1ccncc1. The lowest BCUT2D eigenvalue weighted by molar-refractivity contribution is 0.491. The molecule has 0 bridgehead atoms. The van der Waals surface area contributed by atoms with E-state index in [0.29, 0.717) is 6.04 Å². The van der Waals surface area contributed by atoms with Crippen molar-refractivity contribution in [1.82, 2.24) is 10.4 Å². The average Bonchev–Trinajstić information content (AvgIpc) is 2.89. The molecule has 90 valence electrons. The highest BCUT2D eigenvalue weighted by molar-refractivity contribution is 7.07. The topological polar surface area (TPSA) is 50.9 Å².